The predicted molar refractivity (Wildman–Crippen MR) is 66.0 cm³/mol. The van der Waals surface area contributed by atoms with Gasteiger partial charge < -0.3 is 10.2 Å². The van der Waals surface area contributed by atoms with Gasteiger partial charge in [-0.1, -0.05) is 26.0 Å². The summed E-state index contributed by atoms with van der Waals surface area (Å²) in [6.45, 7) is 4.04. The Bertz CT molecular complexity index is 480. The number of fused-ring (bicyclic) bond motifs is 1. The molecule has 0 heterocycles. The van der Waals surface area contributed by atoms with Crippen molar-refractivity contribution in [3.8, 4) is 11.5 Å². The van der Waals surface area contributed by atoms with Crippen molar-refractivity contribution in [1.82, 2.24) is 0 Å². The first kappa shape index (κ1) is 10.8. The minimum absolute atomic E-state index is 0.336. The van der Waals surface area contributed by atoms with Crippen LogP contribution in [0.4, 0.5) is 0 Å². The van der Waals surface area contributed by atoms with Gasteiger partial charge in [0.2, 0.25) is 0 Å². The highest BCUT2D eigenvalue weighted by molar-refractivity contribution is 5.92. The Morgan fingerprint density at radius 3 is 1.44 bits per heavy atom. The molecule has 16 heavy (non-hydrogen) atoms. The fourth-order valence-electron chi connectivity index (χ4n) is 2.25. The molecule has 0 amide bonds. The van der Waals surface area contributed by atoms with Gasteiger partial charge in [0.1, 0.15) is 11.5 Å². The van der Waals surface area contributed by atoms with Crippen LogP contribution in [0.1, 0.15) is 25.0 Å². The fourth-order valence-corrected chi connectivity index (χ4v) is 2.25. The van der Waals surface area contributed by atoms with Gasteiger partial charge in [0.05, 0.1) is 0 Å². The van der Waals surface area contributed by atoms with Gasteiger partial charge in [0, 0.05) is 11.1 Å². The van der Waals surface area contributed by atoms with Gasteiger partial charge in [0.25, 0.3) is 0 Å². The van der Waals surface area contributed by atoms with Crippen LogP contribution in [0.3, 0.4) is 0 Å². The summed E-state index contributed by atoms with van der Waals surface area (Å²) >= 11 is 0. The molecule has 84 valence electrons. The van der Waals surface area contributed by atoms with Crippen LogP contribution in [-0.2, 0) is 12.8 Å². The minimum Gasteiger partial charge on any atom is -0.508 e. The highest BCUT2D eigenvalue weighted by Crippen LogP contribution is 2.33. The largest absolute Gasteiger partial charge is 0.508 e. The zero-order valence-electron chi connectivity index (χ0n) is 9.62. The molecule has 0 aromatic heterocycles. The molecule has 0 radical (unpaired) electrons. The van der Waals surface area contributed by atoms with E-state index in [0.29, 0.717) is 11.5 Å². The molecule has 0 saturated carbocycles. The standard InChI is InChI=1S/C14H16O2/c1-3-9-11-5-8-14(16)10(4-2)12(11)6-7-13(9)15/h5-8,15-16H,3-4H2,1-2H3. The van der Waals surface area contributed by atoms with Crippen molar-refractivity contribution in [2.45, 2.75) is 26.7 Å². The molecule has 2 N–H and O–H groups in total. The number of aromatic hydroxyl groups is 2. The first-order valence-electron chi connectivity index (χ1n) is 5.64. The molecule has 0 bridgehead atoms. The van der Waals surface area contributed by atoms with Gasteiger partial charge in [-0.25, -0.2) is 0 Å². The molecule has 2 nitrogen and oxygen atoms in total. The third-order valence-electron chi connectivity index (χ3n) is 3.08. The number of phenolic OH excluding ortho intramolecular Hbond substituents is 2. The Hall–Kier alpha value is -1.70. The topological polar surface area (TPSA) is 40.5 Å². The Morgan fingerprint density at radius 1 is 0.750 bits per heavy atom. The number of aryl methyl sites for hydroxylation is 2. The average Bonchev–Trinajstić information content (AvgIpc) is 2.29. The van der Waals surface area contributed by atoms with Gasteiger partial charge in [-0.15, -0.1) is 0 Å². The molecule has 2 aromatic rings. The molecular formula is C14H16O2. The van der Waals surface area contributed by atoms with Gasteiger partial charge >= 0.3 is 0 Å². The molecule has 2 aromatic carbocycles. The highest BCUT2D eigenvalue weighted by Gasteiger charge is 2.10. The maximum Gasteiger partial charge on any atom is 0.119 e. The molecule has 2 heteroatoms. The summed E-state index contributed by atoms with van der Waals surface area (Å²) in [6, 6.07) is 7.17. The fraction of sp³-hybridized carbons (Fsp3) is 0.286. The summed E-state index contributed by atoms with van der Waals surface area (Å²) in [6.07, 6.45) is 1.58. The molecule has 0 fully saturated rings. The third-order valence-corrected chi connectivity index (χ3v) is 3.08. The Kier molecular flexibility index (Phi) is 2.73. The van der Waals surface area contributed by atoms with Crippen molar-refractivity contribution >= 4 is 10.8 Å². The Balaban J connectivity index is 2.87. The van der Waals surface area contributed by atoms with Gasteiger partial charge in [-0.05, 0) is 35.7 Å². The lowest BCUT2D eigenvalue weighted by Crippen LogP contribution is -1.90. The number of phenols is 2. The minimum atomic E-state index is 0.336. The SMILES string of the molecule is CCc1c(O)ccc2c(CC)c(O)ccc12. The highest BCUT2D eigenvalue weighted by atomic mass is 16.3. The Morgan fingerprint density at radius 2 is 1.12 bits per heavy atom. The zero-order chi connectivity index (χ0) is 11.7. The normalized spacial score (nSPS) is 10.9. The van der Waals surface area contributed by atoms with E-state index in [-0.39, 0.29) is 0 Å². The van der Waals surface area contributed by atoms with E-state index in [4.69, 9.17) is 0 Å². The van der Waals surface area contributed by atoms with Crippen LogP contribution in [0.2, 0.25) is 0 Å². The van der Waals surface area contributed by atoms with E-state index in [1.807, 2.05) is 26.0 Å². The van der Waals surface area contributed by atoms with Gasteiger partial charge in [-0.2, -0.15) is 0 Å². The summed E-state index contributed by atoms with van der Waals surface area (Å²) in [5.74, 6) is 0.672. The molecule has 0 aliphatic heterocycles. The second-order valence-corrected chi connectivity index (χ2v) is 3.93. The monoisotopic (exact) mass is 216 g/mol. The lowest BCUT2D eigenvalue weighted by molar-refractivity contribution is 0.467. The number of benzene rings is 2. The smallest absolute Gasteiger partial charge is 0.119 e. The first-order valence-corrected chi connectivity index (χ1v) is 5.64. The molecule has 0 spiro atoms. The van der Waals surface area contributed by atoms with E-state index in [1.54, 1.807) is 12.1 Å². The Labute approximate surface area is 95.2 Å². The van der Waals surface area contributed by atoms with Crippen LogP contribution in [0.15, 0.2) is 24.3 Å². The third kappa shape index (κ3) is 1.51. The zero-order valence-corrected chi connectivity index (χ0v) is 9.62. The lowest BCUT2D eigenvalue weighted by atomic mass is 9.96. The van der Waals surface area contributed by atoms with Crippen LogP contribution in [0.5, 0.6) is 11.5 Å². The van der Waals surface area contributed by atoms with E-state index in [9.17, 15) is 10.2 Å². The van der Waals surface area contributed by atoms with Crippen molar-refractivity contribution in [2.24, 2.45) is 0 Å². The second kappa shape index (κ2) is 4.05. The van der Waals surface area contributed by atoms with Gasteiger partial charge in [-0.3, -0.25) is 0 Å². The van der Waals surface area contributed by atoms with Crippen LogP contribution in [0.25, 0.3) is 10.8 Å². The first-order chi connectivity index (χ1) is 7.69. The number of rotatable bonds is 2. The summed E-state index contributed by atoms with van der Waals surface area (Å²) in [5.41, 5.74) is 1.90. The summed E-state index contributed by atoms with van der Waals surface area (Å²) in [4.78, 5) is 0. The summed E-state index contributed by atoms with van der Waals surface area (Å²) < 4.78 is 0. The van der Waals surface area contributed by atoms with Crippen LogP contribution in [-0.4, -0.2) is 10.2 Å². The molecular weight excluding hydrogens is 200 g/mol. The molecule has 0 atom stereocenters. The second-order valence-electron chi connectivity index (χ2n) is 3.93. The summed E-state index contributed by atoms with van der Waals surface area (Å²) in [5, 5.41) is 21.6. The maximum atomic E-state index is 9.78. The maximum absolute atomic E-state index is 9.78. The van der Waals surface area contributed by atoms with E-state index >= 15 is 0 Å². The van der Waals surface area contributed by atoms with Crippen LogP contribution in [0, 0.1) is 0 Å². The molecule has 0 saturated heterocycles. The van der Waals surface area contributed by atoms with Crippen molar-refractivity contribution in [2.75, 3.05) is 0 Å². The molecule has 0 aliphatic rings. The molecule has 0 unspecified atom stereocenters. The summed E-state index contributed by atoms with van der Waals surface area (Å²) in [7, 11) is 0. The van der Waals surface area contributed by atoms with E-state index in [0.717, 1.165) is 34.7 Å². The molecule has 2 rings (SSSR count). The van der Waals surface area contributed by atoms with Crippen molar-refractivity contribution in [3.05, 3.63) is 35.4 Å². The van der Waals surface area contributed by atoms with Crippen molar-refractivity contribution < 1.29 is 10.2 Å². The number of hydrogen-bond acceptors (Lipinski definition) is 2. The van der Waals surface area contributed by atoms with E-state index < -0.39 is 0 Å². The van der Waals surface area contributed by atoms with Crippen molar-refractivity contribution in [1.29, 1.82) is 0 Å². The predicted octanol–water partition coefficient (Wildman–Crippen LogP) is 3.38. The van der Waals surface area contributed by atoms with Crippen LogP contribution < -0.4 is 0 Å². The van der Waals surface area contributed by atoms with Crippen molar-refractivity contribution in [3.63, 3.8) is 0 Å². The van der Waals surface area contributed by atoms with Gasteiger partial charge in [0.15, 0.2) is 0 Å². The van der Waals surface area contributed by atoms with Crippen LogP contribution >= 0.6 is 0 Å². The average molecular weight is 216 g/mol. The van der Waals surface area contributed by atoms with E-state index in [2.05, 4.69) is 0 Å². The number of hydrogen-bond donors (Lipinski definition) is 2. The molecule has 0 aliphatic carbocycles. The van der Waals surface area contributed by atoms with E-state index in [1.165, 1.54) is 0 Å². The lowest BCUT2D eigenvalue weighted by Gasteiger charge is -2.11. The quantitative estimate of drug-likeness (QED) is 0.808.